The number of benzene rings is 4. The molecule has 1 aromatic heterocycles. The minimum absolute atomic E-state index is 0.0937. The summed E-state index contributed by atoms with van der Waals surface area (Å²) in [5, 5.41) is 9.77. The van der Waals surface area contributed by atoms with Gasteiger partial charge >= 0.3 is 5.97 Å². The number of methoxy groups -OCH3 is 1. The van der Waals surface area contributed by atoms with Crippen LogP contribution in [0.15, 0.2) is 120 Å². The molecule has 0 spiro atoms. The van der Waals surface area contributed by atoms with Crippen molar-refractivity contribution >= 4 is 41.0 Å². The first-order chi connectivity index (χ1) is 23.4. The van der Waals surface area contributed by atoms with Gasteiger partial charge in [0.1, 0.15) is 16.8 Å². The smallest absolute Gasteiger partial charge is 0.338 e. The van der Waals surface area contributed by atoms with E-state index in [2.05, 4.69) is 6.07 Å². The highest BCUT2D eigenvalue weighted by Crippen LogP contribution is 2.39. The number of thioether (sulfide) groups is 1. The Balaban J connectivity index is 1.19. The lowest BCUT2D eigenvalue weighted by Crippen LogP contribution is -2.31. The predicted octanol–water partition coefficient (Wildman–Crippen LogP) is 6.76. The third kappa shape index (κ3) is 6.72. The number of anilines is 1. The van der Waals surface area contributed by atoms with Crippen molar-refractivity contribution in [1.82, 2.24) is 4.98 Å². The number of imide groups is 1. The number of ketones is 1. The Morgan fingerprint density at radius 1 is 0.875 bits per heavy atom. The average Bonchev–Trinajstić information content (AvgIpc) is 3.42. The molecule has 0 aliphatic carbocycles. The van der Waals surface area contributed by atoms with Gasteiger partial charge in [-0.05, 0) is 60.2 Å². The maximum atomic E-state index is 13.6. The number of nitriles is 1. The van der Waals surface area contributed by atoms with Gasteiger partial charge in [-0.15, -0.1) is 0 Å². The number of carbonyl (C=O) groups is 4. The van der Waals surface area contributed by atoms with Gasteiger partial charge in [0.25, 0.3) is 0 Å². The normalized spacial score (nSPS) is 14.0. The Kier molecular flexibility index (Phi) is 9.41. The third-order valence-corrected chi connectivity index (χ3v) is 8.89. The molecule has 1 fully saturated rings. The van der Waals surface area contributed by atoms with Crippen LogP contribution in [0.2, 0.25) is 0 Å². The van der Waals surface area contributed by atoms with E-state index in [9.17, 15) is 24.4 Å². The van der Waals surface area contributed by atoms with Crippen molar-refractivity contribution in [2.24, 2.45) is 0 Å². The summed E-state index contributed by atoms with van der Waals surface area (Å²) >= 11 is 1.09. The molecular formula is C38H27N3O6S. The Bertz CT molecular complexity index is 2040. The molecule has 2 amide bonds. The number of hydrogen-bond acceptors (Lipinski definition) is 9. The van der Waals surface area contributed by atoms with Crippen molar-refractivity contribution in [3.05, 3.63) is 132 Å². The minimum atomic E-state index is -0.819. The maximum Gasteiger partial charge on any atom is 0.338 e. The van der Waals surface area contributed by atoms with Crippen LogP contribution in [0.1, 0.15) is 32.7 Å². The summed E-state index contributed by atoms with van der Waals surface area (Å²) in [6.07, 6.45) is -0.0937. The van der Waals surface area contributed by atoms with Crippen molar-refractivity contribution in [2.75, 3.05) is 18.6 Å². The Hall–Kier alpha value is -6.05. The SMILES string of the molecule is COc1ccc(C(=O)COC(=O)c2ccc(N3C(=O)CC(Sc4nc(-c5ccccc5)cc(-c5ccccc5)c4C#N)C3=O)cc2)cc1. The maximum absolute atomic E-state index is 13.6. The molecule has 1 atom stereocenters. The monoisotopic (exact) mass is 653 g/mol. The molecule has 10 heteroatoms. The van der Waals surface area contributed by atoms with Gasteiger partial charge in [-0.1, -0.05) is 72.4 Å². The van der Waals surface area contributed by atoms with Gasteiger partial charge in [-0.2, -0.15) is 5.26 Å². The van der Waals surface area contributed by atoms with E-state index >= 15 is 0 Å². The highest BCUT2D eigenvalue weighted by molar-refractivity contribution is 8.00. The molecule has 48 heavy (non-hydrogen) atoms. The fourth-order valence-corrected chi connectivity index (χ4v) is 6.37. The van der Waals surface area contributed by atoms with E-state index in [4.69, 9.17) is 14.5 Å². The Morgan fingerprint density at radius 3 is 2.12 bits per heavy atom. The highest BCUT2D eigenvalue weighted by Gasteiger charge is 2.41. The van der Waals surface area contributed by atoms with Gasteiger partial charge in [0.05, 0.1) is 34.9 Å². The fourth-order valence-electron chi connectivity index (χ4n) is 5.24. The Morgan fingerprint density at radius 2 is 1.50 bits per heavy atom. The van der Waals surface area contributed by atoms with E-state index < -0.39 is 29.6 Å². The molecule has 0 bridgehead atoms. The number of carbonyl (C=O) groups excluding carboxylic acids is 4. The average molecular weight is 654 g/mol. The molecular weight excluding hydrogens is 627 g/mol. The Labute approximate surface area is 280 Å². The number of rotatable bonds is 10. The van der Waals surface area contributed by atoms with E-state index in [1.54, 1.807) is 24.3 Å². The molecule has 0 radical (unpaired) electrons. The van der Waals surface area contributed by atoms with Crippen LogP contribution < -0.4 is 9.64 Å². The van der Waals surface area contributed by atoms with Crippen LogP contribution >= 0.6 is 11.8 Å². The standard InChI is InChI=1S/C38H27N3O6S/c1-46-29-18-14-26(15-19-29)33(42)23-47-38(45)27-12-16-28(17-13-27)41-35(43)21-34(37(41)44)48-36-31(22-39)30(24-8-4-2-5-9-24)20-32(40-36)25-10-6-3-7-11-25/h2-20,34H,21,23H2,1H3. The van der Waals surface area contributed by atoms with E-state index in [1.165, 1.54) is 31.4 Å². The molecule has 1 aliphatic rings. The molecule has 236 valence electrons. The molecule has 0 saturated carbocycles. The highest BCUT2D eigenvalue weighted by atomic mass is 32.2. The summed E-state index contributed by atoms with van der Waals surface area (Å²) in [6.45, 7) is -0.453. The number of pyridine rings is 1. The second kappa shape index (κ2) is 14.2. The topological polar surface area (TPSA) is 127 Å². The van der Waals surface area contributed by atoms with Gasteiger partial charge < -0.3 is 9.47 Å². The lowest BCUT2D eigenvalue weighted by atomic mass is 9.99. The van der Waals surface area contributed by atoms with E-state index in [0.29, 0.717) is 33.2 Å². The van der Waals surface area contributed by atoms with E-state index in [-0.39, 0.29) is 23.5 Å². The quantitative estimate of drug-likeness (QED) is 0.0913. The van der Waals surface area contributed by atoms with Crippen LogP contribution in [0.4, 0.5) is 5.69 Å². The largest absolute Gasteiger partial charge is 0.497 e. The van der Waals surface area contributed by atoms with E-state index in [1.807, 2.05) is 66.7 Å². The van der Waals surface area contributed by atoms with Gasteiger partial charge in [-0.3, -0.25) is 14.4 Å². The number of Topliss-reactive ketones (excluding diaryl/α,β-unsaturated/α-hetero) is 1. The zero-order valence-corrected chi connectivity index (χ0v) is 26.5. The molecule has 1 saturated heterocycles. The summed E-state index contributed by atoms with van der Waals surface area (Å²) < 4.78 is 10.3. The number of esters is 1. The zero-order chi connectivity index (χ0) is 33.6. The molecule has 1 aliphatic heterocycles. The lowest BCUT2D eigenvalue weighted by molar-refractivity contribution is -0.121. The van der Waals surface area contributed by atoms with Crippen LogP contribution in [0.3, 0.4) is 0 Å². The molecule has 2 heterocycles. The van der Waals surface area contributed by atoms with Crippen LogP contribution in [0.25, 0.3) is 22.4 Å². The first-order valence-electron chi connectivity index (χ1n) is 14.9. The third-order valence-electron chi connectivity index (χ3n) is 7.72. The summed E-state index contributed by atoms with van der Waals surface area (Å²) in [5.74, 6) is -1.37. The van der Waals surface area contributed by atoms with Crippen molar-refractivity contribution in [2.45, 2.75) is 16.7 Å². The zero-order valence-electron chi connectivity index (χ0n) is 25.7. The van der Waals surface area contributed by atoms with Crippen LogP contribution in [0, 0.1) is 11.3 Å². The molecule has 4 aromatic carbocycles. The number of aromatic nitrogens is 1. The van der Waals surface area contributed by atoms with Crippen LogP contribution in [0.5, 0.6) is 5.75 Å². The van der Waals surface area contributed by atoms with Gasteiger partial charge in [0, 0.05) is 23.1 Å². The second-order valence-corrected chi connectivity index (χ2v) is 11.9. The first-order valence-corrected chi connectivity index (χ1v) is 15.8. The number of ether oxygens (including phenoxy) is 2. The van der Waals surface area contributed by atoms with Crippen molar-refractivity contribution in [3.63, 3.8) is 0 Å². The number of hydrogen-bond donors (Lipinski definition) is 0. The molecule has 9 nitrogen and oxygen atoms in total. The van der Waals surface area contributed by atoms with Gasteiger partial charge in [-0.25, -0.2) is 14.7 Å². The summed E-state index contributed by atoms with van der Waals surface area (Å²) in [6, 6.07) is 35.4. The molecule has 1 unspecified atom stereocenters. The van der Waals surface area contributed by atoms with Crippen molar-refractivity contribution in [1.29, 1.82) is 5.26 Å². The first kappa shape index (κ1) is 31.9. The van der Waals surface area contributed by atoms with Gasteiger partial charge in [0.15, 0.2) is 12.4 Å². The lowest BCUT2D eigenvalue weighted by Gasteiger charge is -2.16. The van der Waals surface area contributed by atoms with Crippen LogP contribution in [-0.4, -0.2) is 47.5 Å². The van der Waals surface area contributed by atoms with E-state index in [0.717, 1.165) is 27.8 Å². The fraction of sp³-hybridized carbons (Fsp3) is 0.105. The number of nitrogens with zero attached hydrogens (tertiary/aromatic N) is 3. The summed E-state index contributed by atoms with van der Waals surface area (Å²) in [7, 11) is 1.52. The van der Waals surface area contributed by atoms with Crippen molar-refractivity contribution < 1.29 is 28.7 Å². The predicted molar refractivity (Wildman–Crippen MR) is 181 cm³/mol. The summed E-state index contributed by atoms with van der Waals surface area (Å²) in [4.78, 5) is 57.7. The summed E-state index contributed by atoms with van der Waals surface area (Å²) in [5.41, 5.74) is 4.12. The molecule has 0 N–H and O–H groups in total. The molecule has 6 rings (SSSR count). The second-order valence-electron chi connectivity index (χ2n) is 10.7. The minimum Gasteiger partial charge on any atom is -0.497 e. The number of amides is 2. The van der Waals surface area contributed by atoms with Gasteiger partial charge in [0.2, 0.25) is 11.8 Å². The molecule has 5 aromatic rings. The van der Waals surface area contributed by atoms with Crippen molar-refractivity contribution in [3.8, 4) is 34.2 Å². The van der Waals surface area contributed by atoms with Crippen LogP contribution in [-0.2, 0) is 14.3 Å².